The molecule has 1 aliphatic rings. The molecule has 1 saturated carbocycles. The lowest BCUT2D eigenvalue weighted by Crippen LogP contribution is -2.24. The van der Waals surface area contributed by atoms with Gasteiger partial charge in [-0.1, -0.05) is 33.1 Å². The first-order valence-corrected chi connectivity index (χ1v) is 11.0. The molecule has 0 bridgehead atoms. The van der Waals surface area contributed by atoms with Crippen molar-refractivity contribution in [3.05, 3.63) is 0 Å². The highest BCUT2D eigenvalue weighted by molar-refractivity contribution is 5.42. The summed E-state index contributed by atoms with van der Waals surface area (Å²) in [5, 5.41) is 10.1. The molecule has 0 saturated heterocycles. The maximum Gasteiger partial charge on any atom is 0.229 e. The second-order valence-electron chi connectivity index (χ2n) is 7.83. The fourth-order valence-electron chi connectivity index (χ4n) is 3.14. The van der Waals surface area contributed by atoms with Gasteiger partial charge in [0.15, 0.2) is 0 Å². The Morgan fingerprint density at radius 2 is 1.48 bits per heavy atom. The summed E-state index contributed by atoms with van der Waals surface area (Å²) in [7, 11) is 0. The van der Waals surface area contributed by atoms with Crippen LogP contribution in [0.15, 0.2) is 0 Å². The van der Waals surface area contributed by atoms with Crippen molar-refractivity contribution in [2.45, 2.75) is 58.4 Å². The fourth-order valence-corrected chi connectivity index (χ4v) is 3.14. The van der Waals surface area contributed by atoms with Gasteiger partial charge in [-0.05, 0) is 25.2 Å². The zero-order valence-corrected chi connectivity index (χ0v) is 18.1. The van der Waals surface area contributed by atoms with E-state index in [9.17, 15) is 0 Å². The Morgan fingerprint density at radius 1 is 0.862 bits per heavy atom. The standard InChI is InChI=1S/C20H39N7O2/c1-16(2)8-10-22-18-25-19(23-11-13-29-15-14-28-12-9-21)27-20(26-18)24-17-6-4-3-5-7-17/h16-17H,3-15,21H2,1-2H3,(H3,22,23,24,25,26,27). The average Bonchev–Trinajstić information content (AvgIpc) is 2.70. The van der Waals surface area contributed by atoms with E-state index in [0.717, 1.165) is 13.0 Å². The van der Waals surface area contributed by atoms with Gasteiger partial charge in [-0.25, -0.2) is 0 Å². The van der Waals surface area contributed by atoms with Gasteiger partial charge >= 0.3 is 0 Å². The van der Waals surface area contributed by atoms with E-state index in [2.05, 4.69) is 44.7 Å². The van der Waals surface area contributed by atoms with Crippen LogP contribution in [0.1, 0.15) is 52.4 Å². The Hall–Kier alpha value is -1.71. The molecular weight excluding hydrogens is 370 g/mol. The van der Waals surface area contributed by atoms with Crippen LogP contribution in [0.5, 0.6) is 0 Å². The summed E-state index contributed by atoms with van der Waals surface area (Å²) in [6.45, 7) is 8.64. The number of aromatic nitrogens is 3. The lowest BCUT2D eigenvalue weighted by molar-refractivity contribution is 0.0547. The van der Waals surface area contributed by atoms with Gasteiger partial charge in [0.1, 0.15) is 0 Å². The van der Waals surface area contributed by atoms with E-state index in [0.29, 0.717) is 69.3 Å². The van der Waals surface area contributed by atoms with Crippen LogP contribution in [-0.4, -0.2) is 67.1 Å². The number of hydrogen-bond donors (Lipinski definition) is 4. The molecule has 0 amide bonds. The molecule has 9 heteroatoms. The first kappa shape index (κ1) is 23.6. The summed E-state index contributed by atoms with van der Waals surface area (Å²) in [6, 6.07) is 0.444. The number of rotatable bonds is 15. The molecule has 166 valence electrons. The zero-order valence-electron chi connectivity index (χ0n) is 18.1. The van der Waals surface area contributed by atoms with Crippen LogP contribution in [-0.2, 0) is 9.47 Å². The summed E-state index contributed by atoms with van der Waals surface area (Å²) in [6.07, 6.45) is 7.26. The molecule has 0 aliphatic heterocycles. The van der Waals surface area contributed by atoms with Crippen LogP contribution in [0, 0.1) is 5.92 Å². The highest BCUT2D eigenvalue weighted by atomic mass is 16.5. The summed E-state index contributed by atoms with van der Waals surface area (Å²) in [5.41, 5.74) is 5.38. The maximum absolute atomic E-state index is 5.54. The monoisotopic (exact) mass is 409 g/mol. The molecule has 1 aliphatic carbocycles. The lowest BCUT2D eigenvalue weighted by Gasteiger charge is -2.23. The molecule has 0 atom stereocenters. The topological polar surface area (TPSA) is 119 Å². The normalized spacial score (nSPS) is 14.9. The molecule has 5 N–H and O–H groups in total. The Balaban J connectivity index is 1.83. The second-order valence-corrected chi connectivity index (χ2v) is 7.83. The third-order valence-corrected chi connectivity index (χ3v) is 4.74. The minimum absolute atomic E-state index is 0.444. The highest BCUT2D eigenvalue weighted by Gasteiger charge is 2.15. The largest absolute Gasteiger partial charge is 0.378 e. The summed E-state index contributed by atoms with van der Waals surface area (Å²) in [5.74, 6) is 2.44. The lowest BCUT2D eigenvalue weighted by atomic mass is 9.96. The van der Waals surface area contributed by atoms with Crippen LogP contribution in [0.4, 0.5) is 17.8 Å². The average molecular weight is 410 g/mol. The second kappa shape index (κ2) is 14.3. The van der Waals surface area contributed by atoms with Gasteiger partial charge in [0, 0.05) is 25.7 Å². The van der Waals surface area contributed by atoms with Crippen LogP contribution >= 0.6 is 0 Å². The van der Waals surface area contributed by atoms with Crippen molar-refractivity contribution >= 4 is 17.8 Å². The molecule has 2 rings (SSSR count). The van der Waals surface area contributed by atoms with Crippen molar-refractivity contribution in [3.63, 3.8) is 0 Å². The molecule has 1 heterocycles. The molecule has 1 fully saturated rings. The SMILES string of the molecule is CC(C)CCNc1nc(NCCOCCOCCN)nc(NC2CCCCC2)n1. The van der Waals surface area contributed by atoms with E-state index in [-0.39, 0.29) is 0 Å². The minimum atomic E-state index is 0.444. The van der Waals surface area contributed by atoms with E-state index in [1.54, 1.807) is 0 Å². The van der Waals surface area contributed by atoms with Crippen LogP contribution in [0.25, 0.3) is 0 Å². The van der Waals surface area contributed by atoms with Gasteiger partial charge in [-0.2, -0.15) is 15.0 Å². The first-order chi connectivity index (χ1) is 14.2. The van der Waals surface area contributed by atoms with Crippen molar-refractivity contribution in [2.75, 3.05) is 62.0 Å². The smallest absolute Gasteiger partial charge is 0.229 e. The van der Waals surface area contributed by atoms with E-state index in [4.69, 9.17) is 15.2 Å². The third kappa shape index (κ3) is 10.6. The number of nitrogens with one attached hydrogen (secondary N) is 3. The van der Waals surface area contributed by atoms with Crippen molar-refractivity contribution in [3.8, 4) is 0 Å². The number of anilines is 3. The number of ether oxygens (including phenoxy) is 2. The molecule has 0 radical (unpaired) electrons. The third-order valence-electron chi connectivity index (χ3n) is 4.74. The van der Waals surface area contributed by atoms with Crippen molar-refractivity contribution in [2.24, 2.45) is 11.7 Å². The number of nitrogens with zero attached hydrogens (tertiary/aromatic N) is 3. The summed E-state index contributed by atoms with van der Waals surface area (Å²) in [4.78, 5) is 13.6. The van der Waals surface area contributed by atoms with E-state index < -0.39 is 0 Å². The molecular formula is C20H39N7O2. The van der Waals surface area contributed by atoms with Gasteiger partial charge < -0.3 is 31.2 Å². The Morgan fingerprint density at radius 3 is 2.14 bits per heavy atom. The fraction of sp³-hybridized carbons (Fsp3) is 0.850. The molecule has 1 aromatic heterocycles. The van der Waals surface area contributed by atoms with Crippen LogP contribution in [0.2, 0.25) is 0 Å². The van der Waals surface area contributed by atoms with Gasteiger partial charge in [0.05, 0.1) is 26.4 Å². The molecule has 0 unspecified atom stereocenters. The number of nitrogens with two attached hydrogens (primary N) is 1. The van der Waals surface area contributed by atoms with Gasteiger partial charge in [-0.15, -0.1) is 0 Å². The van der Waals surface area contributed by atoms with Gasteiger partial charge in [0.2, 0.25) is 17.8 Å². The van der Waals surface area contributed by atoms with E-state index in [1.165, 1.54) is 32.1 Å². The quantitative estimate of drug-likeness (QED) is 0.324. The van der Waals surface area contributed by atoms with Crippen molar-refractivity contribution in [1.29, 1.82) is 0 Å². The summed E-state index contributed by atoms with van der Waals surface area (Å²) < 4.78 is 10.8. The summed E-state index contributed by atoms with van der Waals surface area (Å²) >= 11 is 0. The molecule has 29 heavy (non-hydrogen) atoms. The van der Waals surface area contributed by atoms with Crippen LogP contribution in [0.3, 0.4) is 0 Å². The maximum atomic E-state index is 5.54. The predicted octanol–water partition coefficient (Wildman–Crippen LogP) is 2.48. The number of hydrogen-bond acceptors (Lipinski definition) is 9. The van der Waals surface area contributed by atoms with Crippen LogP contribution < -0.4 is 21.7 Å². The Bertz CT molecular complexity index is 554. The van der Waals surface area contributed by atoms with Gasteiger partial charge in [0.25, 0.3) is 0 Å². The van der Waals surface area contributed by atoms with E-state index >= 15 is 0 Å². The first-order valence-electron chi connectivity index (χ1n) is 11.0. The Labute approximate surface area is 175 Å². The molecule has 9 nitrogen and oxygen atoms in total. The molecule has 0 aromatic carbocycles. The molecule has 0 spiro atoms. The Kier molecular flexibility index (Phi) is 11.6. The van der Waals surface area contributed by atoms with Gasteiger partial charge in [-0.3, -0.25) is 0 Å². The molecule has 1 aromatic rings. The minimum Gasteiger partial charge on any atom is -0.378 e. The predicted molar refractivity (Wildman–Crippen MR) is 117 cm³/mol. The van der Waals surface area contributed by atoms with Crippen molar-refractivity contribution in [1.82, 2.24) is 15.0 Å². The van der Waals surface area contributed by atoms with E-state index in [1.807, 2.05) is 0 Å². The zero-order chi connectivity index (χ0) is 20.7. The van der Waals surface area contributed by atoms with Crippen molar-refractivity contribution < 1.29 is 9.47 Å². The highest BCUT2D eigenvalue weighted by Crippen LogP contribution is 2.21.